The number of likely N-dealkylation sites (N-methyl/N-ethyl adjacent to an activating group) is 1. The van der Waals surface area contributed by atoms with Crippen LogP contribution in [0, 0.1) is 0 Å². The van der Waals surface area contributed by atoms with Crippen LogP contribution in [0.1, 0.15) is 24.0 Å². The number of ether oxygens (including phenoxy) is 2. The summed E-state index contributed by atoms with van der Waals surface area (Å²) in [5, 5.41) is 10.1. The van der Waals surface area contributed by atoms with E-state index in [0.717, 1.165) is 35.4 Å². The Balaban J connectivity index is 2.01. The van der Waals surface area contributed by atoms with Crippen LogP contribution in [-0.4, -0.2) is 42.9 Å². The lowest BCUT2D eigenvalue weighted by molar-refractivity contribution is 0.0376. The van der Waals surface area contributed by atoms with Gasteiger partial charge in [-0.05, 0) is 31.5 Å². The first-order valence-electron chi connectivity index (χ1n) is 7.03. The van der Waals surface area contributed by atoms with Crippen molar-refractivity contribution in [3.05, 3.63) is 21.7 Å². The van der Waals surface area contributed by atoms with E-state index in [-0.39, 0.29) is 17.7 Å². The van der Waals surface area contributed by atoms with Gasteiger partial charge in [0.25, 0.3) is 0 Å². The summed E-state index contributed by atoms with van der Waals surface area (Å²) in [5.74, 6) is 1.67. The smallest absolute Gasteiger partial charge is 0.167 e. The molecule has 0 saturated heterocycles. The van der Waals surface area contributed by atoms with Crippen LogP contribution in [0.15, 0.2) is 10.5 Å². The lowest BCUT2D eigenvalue weighted by Crippen LogP contribution is -2.51. The second-order valence-corrected chi connectivity index (χ2v) is 6.89. The summed E-state index contributed by atoms with van der Waals surface area (Å²) in [6.45, 7) is 0.990. The standard InChI is InChI=1S/C15H18BrNO3/c1-17-4-3-9-10(16)6-11(19-2)14-13(9)15(17)7-8(18)5-12(15)20-14/h6,8,12,18H,3-5,7H2,1-2H3/t8-,12?,15?/m1/s1. The summed E-state index contributed by atoms with van der Waals surface area (Å²) in [6, 6.07) is 2.00. The molecule has 4 nitrogen and oxygen atoms in total. The highest BCUT2D eigenvalue weighted by Crippen LogP contribution is 2.59. The van der Waals surface area contributed by atoms with E-state index in [9.17, 15) is 5.11 Å². The Kier molecular flexibility index (Phi) is 2.66. The van der Waals surface area contributed by atoms with Crippen molar-refractivity contribution in [2.45, 2.75) is 37.0 Å². The predicted molar refractivity (Wildman–Crippen MR) is 78.4 cm³/mol. The quantitative estimate of drug-likeness (QED) is 0.850. The molecule has 0 bridgehead atoms. The zero-order valence-corrected chi connectivity index (χ0v) is 13.2. The molecule has 2 heterocycles. The minimum Gasteiger partial charge on any atom is -0.493 e. The molecule has 4 rings (SSSR count). The molecule has 1 aliphatic carbocycles. The van der Waals surface area contributed by atoms with Crippen molar-refractivity contribution < 1.29 is 14.6 Å². The molecule has 0 amide bonds. The lowest BCUT2D eigenvalue weighted by atomic mass is 9.79. The largest absolute Gasteiger partial charge is 0.493 e. The fourth-order valence-electron chi connectivity index (χ4n) is 4.26. The molecule has 1 fully saturated rings. The SMILES string of the molecule is COc1cc(Br)c2c3c1OC1C[C@@H](O)CC31N(C)CC2. The van der Waals surface area contributed by atoms with Gasteiger partial charge in [-0.3, -0.25) is 4.90 Å². The van der Waals surface area contributed by atoms with Gasteiger partial charge >= 0.3 is 0 Å². The molecule has 1 spiro atoms. The van der Waals surface area contributed by atoms with E-state index in [1.807, 2.05) is 6.07 Å². The van der Waals surface area contributed by atoms with Gasteiger partial charge in [0.2, 0.25) is 0 Å². The Morgan fingerprint density at radius 1 is 1.55 bits per heavy atom. The molecule has 20 heavy (non-hydrogen) atoms. The Labute approximate surface area is 126 Å². The number of methoxy groups -OCH3 is 1. The maximum absolute atomic E-state index is 10.1. The van der Waals surface area contributed by atoms with E-state index in [1.165, 1.54) is 11.1 Å². The van der Waals surface area contributed by atoms with Crippen molar-refractivity contribution in [1.29, 1.82) is 0 Å². The number of aliphatic hydroxyl groups excluding tert-OH is 1. The van der Waals surface area contributed by atoms with E-state index in [4.69, 9.17) is 9.47 Å². The highest BCUT2D eigenvalue weighted by Gasteiger charge is 2.60. The summed E-state index contributed by atoms with van der Waals surface area (Å²) < 4.78 is 12.8. The predicted octanol–water partition coefficient (Wildman–Crippen LogP) is 2.06. The number of hydrogen-bond acceptors (Lipinski definition) is 4. The first kappa shape index (κ1) is 12.9. The molecule has 1 aromatic carbocycles. The molecule has 1 saturated carbocycles. The number of hydrogen-bond donors (Lipinski definition) is 1. The van der Waals surface area contributed by atoms with Crippen LogP contribution in [0.5, 0.6) is 11.5 Å². The molecule has 2 unspecified atom stereocenters. The molecule has 3 atom stereocenters. The third kappa shape index (κ3) is 1.38. The molecule has 5 heteroatoms. The number of nitrogens with zero attached hydrogens (tertiary/aromatic N) is 1. The van der Waals surface area contributed by atoms with Crippen molar-refractivity contribution in [3.8, 4) is 11.5 Å². The van der Waals surface area contributed by atoms with Gasteiger partial charge in [0, 0.05) is 23.0 Å². The van der Waals surface area contributed by atoms with E-state index >= 15 is 0 Å². The number of rotatable bonds is 1. The van der Waals surface area contributed by atoms with Crippen LogP contribution in [0.4, 0.5) is 0 Å². The van der Waals surface area contributed by atoms with Crippen LogP contribution < -0.4 is 9.47 Å². The molecule has 0 aromatic heterocycles. The summed E-state index contributed by atoms with van der Waals surface area (Å²) in [6.07, 6.45) is 2.18. The van der Waals surface area contributed by atoms with Gasteiger partial charge in [0.05, 0.1) is 18.8 Å². The summed E-state index contributed by atoms with van der Waals surface area (Å²) >= 11 is 3.68. The Morgan fingerprint density at radius 2 is 2.35 bits per heavy atom. The van der Waals surface area contributed by atoms with Crippen LogP contribution in [0.2, 0.25) is 0 Å². The Hall–Kier alpha value is -0.780. The van der Waals surface area contributed by atoms with Gasteiger partial charge in [-0.2, -0.15) is 0 Å². The lowest BCUT2D eigenvalue weighted by Gasteiger charge is -2.42. The zero-order chi connectivity index (χ0) is 14.1. The minimum absolute atomic E-state index is 0.0275. The maximum atomic E-state index is 10.1. The molecule has 2 aliphatic heterocycles. The molecule has 1 N–H and O–H groups in total. The Morgan fingerprint density at radius 3 is 3.10 bits per heavy atom. The minimum atomic E-state index is -0.286. The molecule has 3 aliphatic rings. The van der Waals surface area contributed by atoms with E-state index in [0.29, 0.717) is 6.42 Å². The first-order valence-corrected chi connectivity index (χ1v) is 7.83. The van der Waals surface area contributed by atoms with Crippen molar-refractivity contribution in [3.63, 3.8) is 0 Å². The number of benzene rings is 1. The van der Waals surface area contributed by atoms with Crippen molar-refractivity contribution >= 4 is 15.9 Å². The highest BCUT2D eigenvalue weighted by molar-refractivity contribution is 9.10. The number of aliphatic hydroxyl groups is 1. The molecule has 1 aromatic rings. The topological polar surface area (TPSA) is 41.9 Å². The maximum Gasteiger partial charge on any atom is 0.167 e. The molecular formula is C15H18BrNO3. The second-order valence-electron chi connectivity index (χ2n) is 6.04. The van der Waals surface area contributed by atoms with Crippen LogP contribution in [0.3, 0.4) is 0 Å². The van der Waals surface area contributed by atoms with Gasteiger partial charge in [-0.25, -0.2) is 0 Å². The van der Waals surface area contributed by atoms with E-state index < -0.39 is 0 Å². The van der Waals surface area contributed by atoms with Gasteiger partial charge in [0.1, 0.15) is 6.10 Å². The van der Waals surface area contributed by atoms with Gasteiger partial charge in [-0.1, -0.05) is 15.9 Å². The first-order chi connectivity index (χ1) is 9.57. The summed E-state index contributed by atoms with van der Waals surface area (Å²) in [7, 11) is 3.82. The average molecular weight is 340 g/mol. The molecular weight excluding hydrogens is 322 g/mol. The summed E-state index contributed by atoms with van der Waals surface area (Å²) in [4.78, 5) is 2.36. The van der Waals surface area contributed by atoms with Gasteiger partial charge in [0.15, 0.2) is 11.5 Å². The monoisotopic (exact) mass is 339 g/mol. The van der Waals surface area contributed by atoms with Crippen molar-refractivity contribution in [2.24, 2.45) is 0 Å². The molecule has 0 radical (unpaired) electrons. The highest BCUT2D eigenvalue weighted by atomic mass is 79.9. The van der Waals surface area contributed by atoms with E-state index in [2.05, 4.69) is 27.9 Å². The second kappa shape index (κ2) is 4.12. The van der Waals surface area contributed by atoms with Crippen LogP contribution in [-0.2, 0) is 12.0 Å². The van der Waals surface area contributed by atoms with Crippen molar-refractivity contribution in [1.82, 2.24) is 4.90 Å². The number of halogens is 1. The van der Waals surface area contributed by atoms with Crippen LogP contribution >= 0.6 is 15.9 Å². The van der Waals surface area contributed by atoms with Crippen LogP contribution in [0.25, 0.3) is 0 Å². The third-order valence-electron chi connectivity index (χ3n) is 5.16. The Bertz CT molecular complexity index is 591. The summed E-state index contributed by atoms with van der Waals surface area (Å²) in [5.41, 5.74) is 2.37. The zero-order valence-electron chi connectivity index (χ0n) is 11.6. The van der Waals surface area contributed by atoms with Gasteiger partial charge in [-0.15, -0.1) is 0 Å². The third-order valence-corrected chi connectivity index (χ3v) is 5.86. The van der Waals surface area contributed by atoms with E-state index in [1.54, 1.807) is 7.11 Å². The van der Waals surface area contributed by atoms with Gasteiger partial charge < -0.3 is 14.6 Å². The molecule has 108 valence electrons. The average Bonchev–Trinajstić information content (AvgIpc) is 2.89. The normalized spacial score (nSPS) is 34.6. The fourth-order valence-corrected chi connectivity index (χ4v) is 4.86. The van der Waals surface area contributed by atoms with Crippen molar-refractivity contribution in [2.75, 3.05) is 20.7 Å². The fraction of sp³-hybridized carbons (Fsp3) is 0.600.